The lowest BCUT2D eigenvalue weighted by molar-refractivity contribution is -0.154. The highest BCUT2D eigenvalue weighted by molar-refractivity contribution is 7.89. The Morgan fingerprint density at radius 3 is 2.39 bits per heavy atom. The number of urea groups is 1. The van der Waals surface area contributed by atoms with Crippen LogP contribution < -0.4 is 10.6 Å². The minimum Gasteiger partial charge on any atom is -0.453 e. The lowest BCUT2D eigenvalue weighted by atomic mass is 10.3. The van der Waals surface area contributed by atoms with E-state index in [0.717, 1.165) is 28.6 Å². The average molecular weight is 417 g/mol. The Kier molecular flexibility index (Phi) is 9.00. The highest BCUT2D eigenvalue weighted by Crippen LogP contribution is 2.15. The van der Waals surface area contributed by atoms with Gasteiger partial charge in [-0.25, -0.2) is 21.9 Å². The van der Waals surface area contributed by atoms with Crippen molar-refractivity contribution >= 4 is 27.9 Å². The summed E-state index contributed by atoms with van der Waals surface area (Å²) >= 11 is 0. The van der Waals surface area contributed by atoms with Crippen molar-refractivity contribution in [3.63, 3.8) is 0 Å². The largest absolute Gasteiger partial charge is 0.453 e. The standard InChI is InChI=1S/C17H24FN3O6S/c1-4-19-17(24)20-16(23)12(2)27-15(22)6-5-11-21(3)28(25,26)14-9-7-13(18)8-10-14/h7-10,12H,4-6,11H2,1-3H3,(H2,19,20,23,24). The summed E-state index contributed by atoms with van der Waals surface area (Å²) < 4.78 is 43.6. The first-order valence-corrected chi connectivity index (χ1v) is 10.0. The van der Waals surface area contributed by atoms with Gasteiger partial charge in [0.15, 0.2) is 6.10 Å². The summed E-state index contributed by atoms with van der Waals surface area (Å²) in [6.45, 7) is 3.36. The molecule has 1 unspecified atom stereocenters. The van der Waals surface area contributed by atoms with E-state index in [-0.39, 0.29) is 24.3 Å². The molecule has 0 bridgehead atoms. The molecule has 0 saturated carbocycles. The zero-order valence-electron chi connectivity index (χ0n) is 15.9. The van der Waals surface area contributed by atoms with Crippen LogP contribution in [0.1, 0.15) is 26.7 Å². The number of imide groups is 1. The van der Waals surface area contributed by atoms with Gasteiger partial charge in [-0.05, 0) is 44.5 Å². The molecule has 0 heterocycles. The number of sulfonamides is 1. The molecule has 1 aromatic carbocycles. The van der Waals surface area contributed by atoms with Crippen LogP contribution in [-0.4, -0.2) is 56.9 Å². The second kappa shape index (κ2) is 10.7. The molecule has 0 aliphatic heterocycles. The van der Waals surface area contributed by atoms with E-state index in [1.54, 1.807) is 6.92 Å². The lowest BCUT2D eigenvalue weighted by Crippen LogP contribution is -2.44. The van der Waals surface area contributed by atoms with Crippen molar-refractivity contribution in [2.24, 2.45) is 0 Å². The second-order valence-corrected chi connectivity index (χ2v) is 7.91. The predicted octanol–water partition coefficient (Wildman–Crippen LogP) is 1.00. The van der Waals surface area contributed by atoms with Crippen molar-refractivity contribution in [3.8, 4) is 0 Å². The maximum absolute atomic E-state index is 12.9. The normalized spacial score (nSPS) is 12.3. The third-order valence-corrected chi connectivity index (χ3v) is 5.50. The average Bonchev–Trinajstić information content (AvgIpc) is 2.61. The summed E-state index contributed by atoms with van der Waals surface area (Å²) in [5.74, 6) is -2.02. The Bertz CT molecular complexity index is 798. The molecule has 0 aliphatic rings. The van der Waals surface area contributed by atoms with E-state index in [1.165, 1.54) is 14.0 Å². The molecule has 0 aromatic heterocycles. The van der Waals surface area contributed by atoms with Crippen molar-refractivity contribution in [1.82, 2.24) is 14.9 Å². The smallest absolute Gasteiger partial charge is 0.321 e. The first kappa shape index (κ1) is 23.5. The van der Waals surface area contributed by atoms with Gasteiger partial charge in [0.05, 0.1) is 4.90 Å². The van der Waals surface area contributed by atoms with Gasteiger partial charge in [-0.15, -0.1) is 0 Å². The Morgan fingerprint density at radius 1 is 1.21 bits per heavy atom. The number of halogens is 1. The minimum absolute atomic E-state index is 0.0221. The lowest BCUT2D eigenvalue weighted by Gasteiger charge is -2.17. The van der Waals surface area contributed by atoms with Gasteiger partial charge in [0, 0.05) is 26.6 Å². The Balaban J connectivity index is 2.45. The molecule has 28 heavy (non-hydrogen) atoms. The first-order valence-electron chi connectivity index (χ1n) is 8.58. The molecule has 1 atom stereocenters. The van der Waals surface area contributed by atoms with E-state index in [2.05, 4.69) is 5.32 Å². The van der Waals surface area contributed by atoms with Gasteiger partial charge in [0.25, 0.3) is 5.91 Å². The molecule has 2 N–H and O–H groups in total. The Morgan fingerprint density at radius 2 is 1.82 bits per heavy atom. The maximum Gasteiger partial charge on any atom is 0.321 e. The van der Waals surface area contributed by atoms with Crippen LogP contribution in [0.4, 0.5) is 9.18 Å². The van der Waals surface area contributed by atoms with Gasteiger partial charge in [-0.3, -0.25) is 14.9 Å². The number of benzene rings is 1. The third kappa shape index (κ3) is 7.24. The van der Waals surface area contributed by atoms with Gasteiger partial charge in [-0.2, -0.15) is 0 Å². The third-order valence-electron chi connectivity index (χ3n) is 3.63. The number of carbonyl (C=O) groups excluding carboxylic acids is 3. The van der Waals surface area contributed by atoms with Crippen LogP contribution >= 0.6 is 0 Å². The van der Waals surface area contributed by atoms with Gasteiger partial charge in [0.2, 0.25) is 10.0 Å². The first-order chi connectivity index (χ1) is 13.1. The summed E-state index contributed by atoms with van der Waals surface area (Å²) in [6, 6.07) is 3.72. The van der Waals surface area contributed by atoms with E-state index in [9.17, 15) is 27.2 Å². The summed E-state index contributed by atoms with van der Waals surface area (Å²) in [5, 5.41) is 4.39. The molecule has 11 heteroatoms. The molecule has 0 spiro atoms. The van der Waals surface area contributed by atoms with Crippen LogP contribution in [0, 0.1) is 5.82 Å². The zero-order valence-corrected chi connectivity index (χ0v) is 16.7. The molecule has 3 amide bonds. The molecule has 9 nitrogen and oxygen atoms in total. The van der Waals surface area contributed by atoms with Crippen molar-refractivity contribution in [1.29, 1.82) is 0 Å². The number of esters is 1. The Hall–Kier alpha value is -2.53. The number of amides is 3. The summed E-state index contributed by atoms with van der Waals surface area (Å²) in [6.07, 6.45) is -1.14. The molecular weight excluding hydrogens is 393 g/mol. The van der Waals surface area contributed by atoms with Crippen molar-refractivity contribution in [2.75, 3.05) is 20.1 Å². The van der Waals surface area contributed by atoms with E-state index in [4.69, 9.17) is 4.74 Å². The number of ether oxygens (including phenoxy) is 1. The van der Waals surface area contributed by atoms with E-state index in [0.29, 0.717) is 6.54 Å². The molecule has 0 saturated heterocycles. The fourth-order valence-corrected chi connectivity index (χ4v) is 3.29. The van der Waals surface area contributed by atoms with Crippen molar-refractivity contribution in [2.45, 2.75) is 37.7 Å². The van der Waals surface area contributed by atoms with E-state index < -0.39 is 39.9 Å². The van der Waals surface area contributed by atoms with Gasteiger partial charge in [-0.1, -0.05) is 0 Å². The number of nitrogens with zero attached hydrogens (tertiary/aromatic N) is 1. The molecular formula is C17H24FN3O6S. The monoisotopic (exact) mass is 417 g/mol. The minimum atomic E-state index is -3.80. The Labute approximate surface area is 163 Å². The quantitative estimate of drug-likeness (QED) is 0.578. The second-order valence-electron chi connectivity index (χ2n) is 5.86. The molecule has 0 fully saturated rings. The number of rotatable bonds is 9. The molecule has 0 radical (unpaired) electrons. The summed E-state index contributed by atoms with van der Waals surface area (Å²) in [4.78, 5) is 34.7. The molecule has 1 aromatic rings. The maximum atomic E-state index is 12.9. The molecule has 0 aliphatic carbocycles. The number of hydrogen-bond acceptors (Lipinski definition) is 6. The van der Waals surface area contributed by atoms with Crippen LogP contribution in [0.25, 0.3) is 0 Å². The van der Waals surface area contributed by atoms with Crippen LogP contribution in [0.2, 0.25) is 0 Å². The number of hydrogen-bond donors (Lipinski definition) is 2. The fourth-order valence-electron chi connectivity index (χ4n) is 2.08. The van der Waals surface area contributed by atoms with E-state index in [1.807, 2.05) is 5.32 Å². The van der Waals surface area contributed by atoms with Gasteiger partial charge < -0.3 is 10.1 Å². The fraction of sp³-hybridized carbons (Fsp3) is 0.471. The van der Waals surface area contributed by atoms with Crippen molar-refractivity contribution < 1.29 is 31.9 Å². The van der Waals surface area contributed by atoms with Crippen LogP contribution in [-0.2, 0) is 24.3 Å². The summed E-state index contributed by atoms with van der Waals surface area (Å²) in [7, 11) is -2.46. The topological polar surface area (TPSA) is 122 Å². The van der Waals surface area contributed by atoms with Crippen LogP contribution in [0.15, 0.2) is 29.2 Å². The highest BCUT2D eigenvalue weighted by Gasteiger charge is 2.22. The van der Waals surface area contributed by atoms with E-state index >= 15 is 0 Å². The number of carbonyl (C=O) groups is 3. The van der Waals surface area contributed by atoms with Crippen LogP contribution in [0.3, 0.4) is 0 Å². The zero-order chi connectivity index (χ0) is 21.3. The molecule has 1 rings (SSSR count). The molecule has 156 valence electrons. The highest BCUT2D eigenvalue weighted by atomic mass is 32.2. The van der Waals surface area contributed by atoms with Gasteiger partial charge in [0.1, 0.15) is 5.82 Å². The SMILES string of the molecule is CCNC(=O)NC(=O)C(C)OC(=O)CCCN(C)S(=O)(=O)c1ccc(F)cc1. The van der Waals surface area contributed by atoms with Crippen LogP contribution in [0.5, 0.6) is 0 Å². The predicted molar refractivity (Wildman–Crippen MR) is 98.2 cm³/mol. The van der Waals surface area contributed by atoms with Gasteiger partial charge >= 0.3 is 12.0 Å². The number of nitrogens with one attached hydrogen (secondary N) is 2. The van der Waals surface area contributed by atoms with Crippen molar-refractivity contribution in [3.05, 3.63) is 30.1 Å². The summed E-state index contributed by atoms with van der Waals surface area (Å²) in [5.41, 5.74) is 0.